The van der Waals surface area contributed by atoms with Crippen LogP contribution in [0.4, 0.5) is 4.79 Å². The lowest BCUT2D eigenvalue weighted by Crippen LogP contribution is -2.48. The summed E-state index contributed by atoms with van der Waals surface area (Å²) in [5.74, 6) is -0.553. The minimum atomic E-state index is -1.40. The fraction of sp³-hybridized carbons (Fsp3) is 0.760. The molecule has 212 valence electrons. The van der Waals surface area contributed by atoms with Gasteiger partial charge in [0.2, 0.25) is 17.7 Å². The van der Waals surface area contributed by atoms with Crippen LogP contribution in [0, 0.1) is 11.8 Å². The number of allylic oxidation sites excluding steroid dienone is 2. The quantitative estimate of drug-likeness (QED) is 0.268. The van der Waals surface area contributed by atoms with Crippen molar-refractivity contribution < 1.29 is 28.1 Å². The third-order valence-electron chi connectivity index (χ3n) is 5.74. The van der Waals surface area contributed by atoms with Crippen LogP contribution in [0.15, 0.2) is 12.2 Å². The summed E-state index contributed by atoms with van der Waals surface area (Å²) in [4.78, 5) is 47.5. The number of carbonyl (C=O) groups is 4. The van der Waals surface area contributed by atoms with Crippen molar-refractivity contribution in [3.8, 4) is 0 Å². The lowest BCUT2D eigenvalue weighted by atomic mass is 10.2. The second-order valence-electron chi connectivity index (χ2n) is 10.5. The van der Waals surface area contributed by atoms with Crippen molar-refractivity contribution in [1.82, 2.24) is 19.2 Å². The van der Waals surface area contributed by atoms with Crippen LogP contribution in [-0.2, 0) is 30.3 Å². The number of amides is 4. The molecule has 12 heteroatoms. The molecule has 2 aliphatic rings. The van der Waals surface area contributed by atoms with E-state index < -0.39 is 34.8 Å². The Morgan fingerprint density at radius 1 is 1.19 bits per heavy atom. The number of likely N-dealkylation sites (tertiary alicyclic amines) is 1. The minimum Gasteiger partial charge on any atom is -0.444 e. The number of nitrogens with zero attached hydrogens (tertiary/aromatic N) is 2. The predicted molar refractivity (Wildman–Crippen MR) is 143 cm³/mol. The molecule has 37 heavy (non-hydrogen) atoms. The molecular weight excluding hydrogens is 498 g/mol. The maximum atomic E-state index is 11.9. The van der Waals surface area contributed by atoms with Gasteiger partial charge in [0.1, 0.15) is 18.2 Å². The molecule has 1 heterocycles. The second-order valence-corrected chi connectivity index (χ2v) is 11.9. The lowest BCUT2D eigenvalue weighted by Gasteiger charge is -2.23. The van der Waals surface area contributed by atoms with Crippen LogP contribution in [0.1, 0.15) is 72.6 Å². The van der Waals surface area contributed by atoms with Crippen LogP contribution in [0.25, 0.3) is 0 Å². The Morgan fingerprint density at radius 3 is 2.43 bits per heavy atom. The van der Waals surface area contributed by atoms with E-state index in [-0.39, 0.29) is 24.3 Å². The summed E-state index contributed by atoms with van der Waals surface area (Å²) >= 11 is -1.40. The first kappa shape index (κ1) is 32.6. The summed E-state index contributed by atoms with van der Waals surface area (Å²) < 4.78 is 20.4. The van der Waals surface area contributed by atoms with E-state index in [4.69, 9.17) is 10.5 Å². The lowest BCUT2D eigenvalue weighted by molar-refractivity contribution is -0.136. The molecule has 0 aromatic rings. The Hall–Kier alpha value is -2.47. The second kappa shape index (κ2) is 15.7. The average Bonchev–Trinajstić information content (AvgIpc) is 3.39. The molecule has 2 rings (SSSR count). The molecule has 0 bridgehead atoms. The molecule has 1 aliphatic heterocycles. The van der Waals surface area contributed by atoms with Crippen LogP contribution < -0.4 is 15.8 Å². The van der Waals surface area contributed by atoms with Crippen LogP contribution >= 0.6 is 0 Å². The van der Waals surface area contributed by atoms with Crippen molar-refractivity contribution >= 4 is 35.0 Å². The Bertz CT molecular complexity index is 842. The Balaban J connectivity index is 0.000000371. The van der Waals surface area contributed by atoms with E-state index in [9.17, 15) is 23.4 Å². The predicted octanol–water partition coefficient (Wildman–Crippen LogP) is 2.00. The molecule has 0 spiro atoms. The van der Waals surface area contributed by atoms with Gasteiger partial charge in [-0.15, -0.1) is 0 Å². The Morgan fingerprint density at radius 2 is 1.86 bits per heavy atom. The van der Waals surface area contributed by atoms with E-state index in [1.165, 1.54) is 28.5 Å². The summed E-state index contributed by atoms with van der Waals surface area (Å²) in [7, 11) is 3.35. The topological polar surface area (TPSA) is 151 Å². The highest BCUT2D eigenvalue weighted by Gasteiger charge is 2.41. The average molecular weight is 544 g/mol. The van der Waals surface area contributed by atoms with Gasteiger partial charge in [0.05, 0.1) is 0 Å². The number of nitrogens with two attached hydrogens (primary N) is 1. The number of ether oxygens (including phenoxy) is 1. The number of alkyl carbamates (subject to hydrolysis) is 1. The number of carbonyl (C=O) groups excluding carboxylic acids is 4. The van der Waals surface area contributed by atoms with Crippen LogP contribution in [0.2, 0.25) is 0 Å². The molecule has 1 saturated heterocycles. The number of nitrogens with one attached hydrogen (secondary N) is 2. The van der Waals surface area contributed by atoms with E-state index in [0.29, 0.717) is 18.9 Å². The highest BCUT2D eigenvalue weighted by atomic mass is 32.2. The number of unbranched alkanes of at least 4 members (excludes halogenated alkanes) is 3. The maximum Gasteiger partial charge on any atom is 0.408 e. The van der Waals surface area contributed by atoms with Crippen molar-refractivity contribution in [3.05, 3.63) is 12.2 Å². The zero-order valence-corrected chi connectivity index (χ0v) is 23.9. The number of primary amides is 1. The van der Waals surface area contributed by atoms with E-state index in [1.54, 1.807) is 34.9 Å². The first-order valence-corrected chi connectivity index (χ1v) is 14.0. The molecule has 4 atom stereocenters. The highest BCUT2D eigenvalue weighted by molar-refractivity contribution is 7.81. The summed E-state index contributed by atoms with van der Waals surface area (Å²) in [6, 6.07) is -0.562. The molecule has 0 radical (unpaired) electrons. The summed E-state index contributed by atoms with van der Waals surface area (Å²) in [6.45, 7) is 7.69. The molecule has 0 aromatic heterocycles. The Labute approximate surface area is 223 Å². The van der Waals surface area contributed by atoms with Crippen molar-refractivity contribution in [2.24, 2.45) is 17.6 Å². The molecule has 0 aromatic carbocycles. The zero-order chi connectivity index (χ0) is 28.2. The first-order chi connectivity index (χ1) is 17.3. The van der Waals surface area contributed by atoms with E-state index in [0.717, 1.165) is 19.3 Å². The van der Waals surface area contributed by atoms with Crippen LogP contribution in [0.3, 0.4) is 0 Å². The number of hydrogen-bond donors (Lipinski definition) is 3. The third kappa shape index (κ3) is 13.1. The fourth-order valence-electron chi connectivity index (χ4n) is 3.69. The van der Waals surface area contributed by atoms with Crippen LogP contribution in [0.5, 0.6) is 0 Å². The van der Waals surface area contributed by atoms with E-state index in [2.05, 4.69) is 29.1 Å². The summed E-state index contributed by atoms with van der Waals surface area (Å²) in [5, 5.41) is 2.37. The van der Waals surface area contributed by atoms with Gasteiger partial charge in [-0.1, -0.05) is 31.9 Å². The van der Waals surface area contributed by atoms with Gasteiger partial charge in [-0.2, -0.15) is 0 Å². The molecular formula is C25H45N5O6S. The Kier molecular flexibility index (Phi) is 13.8. The van der Waals surface area contributed by atoms with Gasteiger partial charge in [0.25, 0.3) is 0 Å². The van der Waals surface area contributed by atoms with Gasteiger partial charge in [-0.25, -0.2) is 13.3 Å². The summed E-state index contributed by atoms with van der Waals surface area (Å²) in [5.41, 5.74) is 4.61. The van der Waals surface area contributed by atoms with Gasteiger partial charge in [-0.3, -0.25) is 19.1 Å². The van der Waals surface area contributed by atoms with Gasteiger partial charge >= 0.3 is 6.09 Å². The van der Waals surface area contributed by atoms with Crippen molar-refractivity contribution in [2.45, 2.75) is 84.3 Å². The van der Waals surface area contributed by atoms with Crippen LogP contribution in [-0.4, -0.2) is 76.1 Å². The van der Waals surface area contributed by atoms with Gasteiger partial charge in [0.15, 0.2) is 11.2 Å². The zero-order valence-electron chi connectivity index (χ0n) is 23.1. The van der Waals surface area contributed by atoms with Crippen molar-refractivity contribution in [1.29, 1.82) is 0 Å². The molecule has 1 saturated carbocycles. The highest BCUT2D eigenvalue weighted by Crippen LogP contribution is 2.40. The minimum absolute atomic E-state index is 0.0244. The van der Waals surface area contributed by atoms with E-state index in [1.807, 2.05) is 0 Å². The largest absolute Gasteiger partial charge is 0.444 e. The normalized spacial score (nSPS) is 21.7. The fourth-order valence-corrected chi connectivity index (χ4v) is 4.20. The van der Waals surface area contributed by atoms with E-state index >= 15 is 0 Å². The molecule has 2 fully saturated rings. The SMILES string of the molecule is CC(C)(C)OC(=O)NCC(=O)N1CCC[C@H]1C(N)=O.CCCCC/C=C\C1CC1C(=O)NS(=O)N(C)C. The maximum absolute atomic E-state index is 11.9. The first-order valence-electron chi connectivity index (χ1n) is 12.9. The van der Waals surface area contributed by atoms with Gasteiger partial charge < -0.3 is 20.7 Å². The van der Waals surface area contributed by atoms with Gasteiger partial charge in [0, 0.05) is 26.6 Å². The van der Waals surface area contributed by atoms with Gasteiger partial charge in [-0.05, 0) is 58.8 Å². The number of hydrogen-bond acceptors (Lipinski definition) is 6. The molecule has 1 aliphatic carbocycles. The van der Waals surface area contributed by atoms with Crippen molar-refractivity contribution in [3.63, 3.8) is 0 Å². The standard InChI is InChI=1S/C13H24N2O2S.C12H21N3O4/c1-4-5-6-7-8-9-11-10-12(11)13(16)14-18(17)15(2)3;1-12(2,3)19-11(18)14-7-9(16)15-6-4-5-8(15)10(13)17/h8-9,11-12H,4-7,10H2,1-3H3,(H,14,16);8H,4-7H2,1-3H3,(H2,13,17)(H,14,18)/b9-8-;/t;8-/m.0/s1. The third-order valence-corrected chi connectivity index (χ3v) is 6.78. The monoisotopic (exact) mass is 543 g/mol. The number of rotatable bonds is 11. The molecule has 11 nitrogen and oxygen atoms in total. The molecule has 3 unspecified atom stereocenters. The molecule has 4 amide bonds. The summed E-state index contributed by atoms with van der Waals surface area (Å²) in [6.07, 6.45) is 10.7. The van der Waals surface area contributed by atoms with Crippen molar-refractivity contribution in [2.75, 3.05) is 27.2 Å². The smallest absolute Gasteiger partial charge is 0.408 e. The molecule has 4 N–H and O–H groups in total.